The van der Waals surface area contributed by atoms with Crippen LogP contribution < -0.4 is 5.73 Å². The van der Waals surface area contributed by atoms with Gasteiger partial charge in [-0.2, -0.15) is 0 Å². The Bertz CT molecular complexity index is 374. The summed E-state index contributed by atoms with van der Waals surface area (Å²) in [6, 6.07) is 3.16. The Labute approximate surface area is 104 Å². The molecule has 84 valence electrons. The first-order valence-electron chi connectivity index (χ1n) is 4.67. The van der Waals surface area contributed by atoms with Gasteiger partial charge in [0.15, 0.2) is 0 Å². The van der Waals surface area contributed by atoms with Crippen LogP contribution in [0.4, 0.5) is 0 Å². The fraction of sp³-hybridized carbons (Fsp3) is 0.455. The van der Waals surface area contributed by atoms with Gasteiger partial charge < -0.3 is 10.8 Å². The van der Waals surface area contributed by atoms with E-state index in [0.717, 1.165) is 4.47 Å². The van der Waals surface area contributed by atoms with E-state index in [0.29, 0.717) is 10.6 Å². The summed E-state index contributed by atoms with van der Waals surface area (Å²) in [5, 5.41) is 10.2. The number of phenolic OH excluding ortho intramolecular Hbond substituents is 1. The van der Waals surface area contributed by atoms with Crippen LogP contribution in [0, 0.1) is 5.41 Å². The summed E-state index contributed by atoms with van der Waals surface area (Å²) in [7, 11) is 0. The third-order valence-corrected chi connectivity index (χ3v) is 3.36. The van der Waals surface area contributed by atoms with Crippen molar-refractivity contribution in [2.24, 2.45) is 11.1 Å². The Morgan fingerprint density at radius 3 is 2.40 bits per heavy atom. The number of nitrogens with two attached hydrogens (primary N) is 1. The van der Waals surface area contributed by atoms with E-state index in [2.05, 4.69) is 15.9 Å². The molecule has 1 aromatic rings. The summed E-state index contributed by atoms with van der Waals surface area (Å²) < 4.78 is 0.784. The van der Waals surface area contributed by atoms with E-state index >= 15 is 0 Å². The third kappa shape index (κ3) is 2.65. The number of phenols is 1. The van der Waals surface area contributed by atoms with Gasteiger partial charge in [0.05, 0.1) is 5.02 Å². The van der Waals surface area contributed by atoms with Gasteiger partial charge in [0.1, 0.15) is 5.75 Å². The Hall–Kier alpha value is -0.250. The van der Waals surface area contributed by atoms with E-state index in [4.69, 9.17) is 17.3 Å². The van der Waals surface area contributed by atoms with Gasteiger partial charge in [0, 0.05) is 16.1 Å². The summed E-state index contributed by atoms with van der Waals surface area (Å²) in [5.41, 5.74) is 6.62. The second kappa shape index (κ2) is 4.32. The van der Waals surface area contributed by atoms with E-state index in [1.807, 2.05) is 20.8 Å². The van der Waals surface area contributed by atoms with Gasteiger partial charge >= 0.3 is 0 Å². The van der Waals surface area contributed by atoms with Crippen molar-refractivity contribution in [3.05, 3.63) is 27.2 Å². The van der Waals surface area contributed by atoms with Crippen molar-refractivity contribution in [2.45, 2.75) is 26.8 Å². The second-order valence-electron chi connectivity index (χ2n) is 4.64. The van der Waals surface area contributed by atoms with E-state index in [1.54, 1.807) is 12.1 Å². The molecule has 0 heterocycles. The molecule has 0 fully saturated rings. The smallest absolute Gasteiger partial charge is 0.140 e. The fourth-order valence-electron chi connectivity index (χ4n) is 1.29. The number of hydrogen-bond donors (Lipinski definition) is 2. The maximum Gasteiger partial charge on any atom is 0.140 e. The van der Waals surface area contributed by atoms with Crippen molar-refractivity contribution in [2.75, 3.05) is 0 Å². The summed E-state index contributed by atoms with van der Waals surface area (Å²) in [4.78, 5) is 0. The van der Waals surface area contributed by atoms with Crippen molar-refractivity contribution in [1.82, 2.24) is 0 Å². The lowest BCUT2D eigenvalue weighted by molar-refractivity contribution is 0.317. The molecule has 0 aliphatic rings. The van der Waals surface area contributed by atoms with Gasteiger partial charge in [0.2, 0.25) is 0 Å². The highest BCUT2D eigenvalue weighted by atomic mass is 79.9. The Kier molecular flexibility index (Phi) is 3.69. The van der Waals surface area contributed by atoms with Gasteiger partial charge in [-0.3, -0.25) is 0 Å². The van der Waals surface area contributed by atoms with Gasteiger partial charge in [-0.25, -0.2) is 0 Å². The maximum atomic E-state index is 9.87. The lowest BCUT2D eigenvalue weighted by Crippen LogP contribution is -2.26. The predicted octanol–water partition coefficient (Wildman–Crippen LogP) is 3.85. The molecular formula is C11H15BrClNO. The average Bonchev–Trinajstić information content (AvgIpc) is 2.10. The van der Waals surface area contributed by atoms with Crippen molar-refractivity contribution >= 4 is 27.5 Å². The van der Waals surface area contributed by atoms with E-state index in [9.17, 15) is 5.11 Å². The molecule has 0 saturated carbocycles. The monoisotopic (exact) mass is 291 g/mol. The third-order valence-electron chi connectivity index (χ3n) is 2.36. The van der Waals surface area contributed by atoms with Crippen molar-refractivity contribution < 1.29 is 5.11 Å². The molecule has 1 aromatic carbocycles. The van der Waals surface area contributed by atoms with Crippen LogP contribution in [0.15, 0.2) is 16.6 Å². The van der Waals surface area contributed by atoms with E-state index < -0.39 is 0 Å². The molecule has 0 aromatic heterocycles. The molecule has 1 rings (SSSR count). The van der Waals surface area contributed by atoms with Crippen LogP contribution in [-0.2, 0) is 0 Å². The summed E-state index contributed by atoms with van der Waals surface area (Å²) in [5.74, 6) is 0.0634. The summed E-state index contributed by atoms with van der Waals surface area (Å²) >= 11 is 9.23. The van der Waals surface area contributed by atoms with Crippen LogP contribution in [0.25, 0.3) is 0 Å². The maximum absolute atomic E-state index is 9.87. The van der Waals surface area contributed by atoms with Crippen molar-refractivity contribution in [3.63, 3.8) is 0 Å². The zero-order valence-corrected chi connectivity index (χ0v) is 11.4. The molecule has 0 bridgehead atoms. The zero-order valence-electron chi connectivity index (χ0n) is 9.01. The minimum atomic E-state index is -0.273. The predicted molar refractivity (Wildman–Crippen MR) is 67.2 cm³/mol. The Balaban J connectivity index is 3.31. The van der Waals surface area contributed by atoms with Gasteiger partial charge in [0.25, 0.3) is 0 Å². The van der Waals surface area contributed by atoms with Crippen LogP contribution in [0.5, 0.6) is 5.75 Å². The van der Waals surface area contributed by atoms with Crippen LogP contribution in [-0.4, -0.2) is 5.11 Å². The number of rotatable bonds is 1. The second-order valence-corrected chi connectivity index (χ2v) is 5.90. The van der Waals surface area contributed by atoms with E-state index in [1.165, 1.54) is 0 Å². The highest BCUT2D eigenvalue weighted by Crippen LogP contribution is 2.42. The molecule has 0 aliphatic heterocycles. The Morgan fingerprint density at radius 1 is 1.40 bits per heavy atom. The minimum Gasteiger partial charge on any atom is -0.506 e. The van der Waals surface area contributed by atoms with Crippen LogP contribution in [0.1, 0.15) is 32.4 Å². The molecule has 2 nitrogen and oxygen atoms in total. The molecule has 4 heteroatoms. The first-order valence-corrected chi connectivity index (χ1v) is 5.84. The van der Waals surface area contributed by atoms with Crippen LogP contribution >= 0.6 is 27.5 Å². The van der Waals surface area contributed by atoms with Crippen LogP contribution in [0.2, 0.25) is 5.02 Å². The number of benzene rings is 1. The number of hydrogen-bond acceptors (Lipinski definition) is 2. The first-order chi connectivity index (χ1) is 6.75. The molecule has 1 atom stereocenters. The minimum absolute atomic E-state index is 0.0634. The molecule has 0 spiro atoms. The molecule has 0 amide bonds. The standard InChI is InChI=1S/C11H15BrClNO/c1-11(2,3)10(14)8-6(12)4-5-7(13)9(8)15/h4-5,10,15H,14H2,1-3H3/t10-/m1/s1. The highest BCUT2D eigenvalue weighted by Gasteiger charge is 2.27. The molecule has 3 N–H and O–H groups in total. The topological polar surface area (TPSA) is 46.2 Å². The zero-order chi connectivity index (χ0) is 11.8. The van der Waals surface area contributed by atoms with Gasteiger partial charge in [-0.05, 0) is 17.5 Å². The van der Waals surface area contributed by atoms with Gasteiger partial charge in [-0.1, -0.05) is 48.3 Å². The average molecular weight is 293 g/mol. The van der Waals surface area contributed by atoms with Crippen LogP contribution in [0.3, 0.4) is 0 Å². The summed E-state index contributed by atoms with van der Waals surface area (Å²) in [6.45, 7) is 6.05. The molecule has 0 aliphatic carbocycles. The van der Waals surface area contributed by atoms with Gasteiger partial charge in [-0.15, -0.1) is 0 Å². The lowest BCUT2D eigenvalue weighted by Gasteiger charge is -2.29. The molecule has 0 radical (unpaired) electrons. The Morgan fingerprint density at radius 2 is 1.93 bits per heavy atom. The SMILES string of the molecule is CC(C)(C)[C@H](N)c1c(Br)ccc(Cl)c1O. The van der Waals surface area contributed by atoms with Crippen molar-refractivity contribution in [1.29, 1.82) is 0 Å². The van der Waals surface area contributed by atoms with Crippen molar-refractivity contribution in [3.8, 4) is 5.75 Å². The number of halogens is 2. The fourth-order valence-corrected chi connectivity index (χ4v) is 2.02. The quantitative estimate of drug-likeness (QED) is 0.826. The molecule has 0 saturated heterocycles. The molecular weight excluding hydrogens is 277 g/mol. The normalized spacial score (nSPS) is 14.0. The highest BCUT2D eigenvalue weighted by molar-refractivity contribution is 9.10. The summed E-state index contributed by atoms with van der Waals surface area (Å²) in [6.07, 6.45) is 0. The van der Waals surface area contributed by atoms with E-state index in [-0.39, 0.29) is 17.2 Å². The largest absolute Gasteiger partial charge is 0.506 e. The first kappa shape index (κ1) is 12.8. The lowest BCUT2D eigenvalue weighted by atomic mass is 9.83. The molecule has 15 heavy (non-hydrogen) atoms. The molecule has 0 unspecified atom stereocenters. The number of aromatic hydroxyl groups is 1.